The highest BCUT2D eigenvalue weighted by Gasteiger charge is 2.37. The van der Waals surface area contributed by atoms with E-state index in [2.05, 4.69) is 0 Å². The SMILES string of the molecule is CCCc1c(OCCCOc2ccc(C(CC)(CC)C(=O)O)cc2Cl)ccc(C(=N)c2ccccc2)c1O. The molecular formula is C31H36ClNO5. The fourth-order valence-electron chi connectivity index (χ4n) is 4.63. The van der Waals surface area contributed by atoms with Gasteiger partial charge in [0.15, 0.2) is 0 Å². The van der Waals surface area contributed by atoms with Crippen molar-refractivity contribution in [2.45, 2.75) is 58.3 Å². The number of halogens is 1. The molecule has 0 radical (unpaired) electrons. The number of carboxylic acid groups (broad SMARTS) is 1. The monoisotopic (exact) mass is 537 g/mol. The zero-order chi connectivity index (χ0) is 27.7. The fourth-order valence-corrected chi connectivity index (χ4v) is 4.86. The number of rotatable bonds is 14. The summed E-state index contributed by atoms with van der Waals surface area (Å²) in [5.41, 5.74) is 1.88. The van der Waals surface area contributed by atoms with Crippen molar-refractivity contribution in [2.24, 2.45) is 0 Å². The molecule has 0 aliphatic heterocycles. The highest BCUT2D eigenvalue weighted by atomic mass is 35.5. The smallest absolute Gasteiger partial charge is 0.314 e. The van der Waals surface area contributed by atoms with Gasteiger partial charge in [-0.15, -0.1) is 0 Å². The first kappa shape index (κ1) is 29.1. The lowest BCUT2D eigenvalue weighted by Gasteiger charge is -2.27. The summed E-state index contributed by atoms with van der Waals surface area (Å²) in [5, 5.41) is 29.7. The third-order valence-corrected chi connectivity index (χ3v) is 7.27. The number of benzene rings is 3. The third-order valence-electron chi connectivity index (χ3n) is 6.98. The largest absolute Gasteiger partial charge is 0.507 e. The van der Waals surface area contributed by atoms with Crippen LogP contribution in [0.1, 0.15) is 68.7 Å². The van der Waals surface area contributed by atoms with E-state index >= 15 is 0 Å². The number of hydrogen-bond donors (Lipinski definition) is 3. The van der Waals surface area contributed by atoms with Crippen LogP contribution in [0.2, 0.25) is 5.02 Å². The molecule has 7 heteroatoms. The summed E-state index contributed by atoms with van der Waals surface area (Å²) in [6, 6.07) is 18.0. The number of hydrogen-bond acceptors (Lipinski definition) is 5. The second-order valence-corrected chi connectivity index (χ2v) is 9.63. The molecule has 0 heterocycles. The molecule has 0 aliphatic rings. The molecule has 0 unspecified atom stereocenters. The quantitative estimate of drug-likeness (QED) is 0.147. The van der Waals surface area contributed by atoms with Crippen LogP contribution >= 0.6 is 11.6 Å². The van der Waals surface area contributed by atoms with E-state index in [0.29, 0.717) is 72.1 Å². The van der Waals surface area contributed by atoms with E-state index < -0.39 is 11.4 Å². The minimum atomic E-state index is -0.965. The zero-order valence-corrected chi connectivity index (χ0v) is 23.0. The first-order valence-electron chi connectivity index (χ1n) is 13.1. The van der Waals surface area contributed by atoms with Gasteiger partial charge in [-0.25, -0.2) is 0 Å². The predicted octanol–water partition coefficient (Wildman–Crippen LogP) is 7.40. The Labute approximate surface area is 229 Å². The van der Waals surface area contributed by atoms with Gasteiger partial charge in [0.05, 0.1) is 29.4 Å². The van der Waals surface area contributed by atoms with Crippen LogP contribution in [0.5, 0.6) is 17.2 Å². The van der Waals surface area contributed by atoms with E-state index in [4.69, 9.17) is 26.5 Å². The topological polar surface area (TPSA) is 99.8 Å². The van der Waals surface area contributed by atoms with E-state index in [-0.39, 0.29) is 11.5 Å². The molecule has 3 rings (SSSR count). The molecule has 0 atom stereocenters. The van der Waals surface area contributed by atoms with Crippen molar-refractivity contribution in [3.63, 3.8) is 0 Å². The van der Waals surface area contributed by atoms with Crippen molar-refractivity contribution in [1.29, 1.82) is 5.41 Å². The number of carbonyl (C=O) groups is 1. The van der Waals surface area contributed by atoms with Crippen LogP contribution in [0.4, 0.5) is 0 Å². The molecule has 0 amide bonds. The molecule has 3 aromatic rings. The average Bonchev–Trinajstić information content (AvgIpc) is 2.92. The molecule has 3 N–H and O–H groups in total. The van der Waals surface area contributed by atoms with E-state index in [1.54, 1.807) is 24.3 Å². The maximum atomic E-state index is 11.9. The maximum Gasteiger partial charge on any atom is 0.314 e. The number of aromatic hydroxyl groups is 1. The predicted molar refractivity (Wildman–Crippen MR) is 151 cm³/mol. The van der Waals surface area contributed by atoms with Crippen LogP contribution in [0.3, 0.4) is 0 Å². The summed E-state index contributed by atoms with van der Waals surface area (Å²) in [5.74, 6) is 0.316. The summed E-state index contributed by atoms with van der Waals surface area (Å²) < 4.78 is 11.8. The first-order valence-corrected chi connectivity index (χ1v) is 13.4. The van der Waals surface area contributed by atoms with E-state index in [1.807, 2.05) is 57.2 Å². The summed E-state index contributed by atoms with van der Waals surface area (Å²) in [6.07, 6.45) is 2.97. The van der Waals surface area contributed by atoms with Gasteiger partial charge in [-0.1, -0.05) is 75.2 Å². The van der Waals surface area contributed by atoms with Crippen molar-refractivity contribution >= 4 is 23.3 Å². The summed E-state index contributed by atoms with van der Waals surface area (Å²) >= 11 is 6.43. The van der Waals surface area contributed by atoms with Crippen molar-refractivity contribution in [3.8, 4) is 17.2 Å². The van der Waals surface area contributed by atoms with Crippen LogP contribution in [-0.2, 0) is 16.6 Å². The van der Waals surface area contributed by atoms with Crippen LogP contribution < -0.4 is 9.47 Å². The fraction of sp³-hybridized carbons (Fsp3) is 0.355. The molecule has 3 aromatic carbocycles. The molecule has 0 saturated heterocycles. The molecule has 0 aromatic heterocycles. The molecule has 0 aliphatic carbocycles. The second kappa shape index (κ2) is 13.3. The Morgan fingerprint density at radius 2 is 1.58 bits per heavy atom. The second-order valence-electron chi connectivity index (χ2n) is 9.22. The minimum Gasteiger partial charge on any atom is -0.507 e. The lowest BCUT2D eigenvalue weighted by molar-refractivity contribution is -0.144. The van der Waals surface area contributed by atoms with E-state index in [1.165, 1.54) is 0 Å². The van der Waals surface area contributed by atoms with Crippen molar-refractivity contribution < 1.29 is 24.5 Å². The Balaban J connectivity index is 1.62. The van der Waals surface area contributed by atoms with Crippen LogP contribution in [0, 0.1) is 5.41 Å². The summed E-state index contributed by atoms with van der Waals surface area (Å²) in [7, 11) is 0. The Morgan fingerprint density at radius 3 is 2.16 bits per heavy atom. The Bertz CT molecular complexity index is 1250. The van der Waals surface area contributed by atoms with Crippen molar-refractivity contribution in [2.75, 3.05) is 13.2 Å². The Morgan fingerprint density at radius 1 is 0.947 bits per heavy atom. The Hall–Kier alpha value is -3.51. The molecule has 0 fully saturated rings. The van der Waals surface area contributed by atoms with Gasteiger partial charge in [0.1, 0.15) is 17.2 Å². The third kappa shape index (κ3) is 6.30. The van der Waals surface area contributed by atoms with Gasteiger partial charge in [-0.05, 0) is 49.1 Å². The van der Waals surface area contributed by atoms with Crippen LogP contribution in [0.15, 0.2) is 60.7 Å². The number of nitrogens with one attached hydrogen (secondary N) is 1. The van der Waals surface area contributed by atoms with E-state index in [0.717, 1.165) is 12.0 Å². The lowest BCUT2D eigenvalue weighted by atomic mass is 9.76. The summed E-state index contributed by atoms with van der Waals surface area (Å²) in [6.45, 7) is 6.49. The van der Waals surface area contributed by atoms with Gasteiger partial charge < -0.3 is 19.7 Å². The molecule has 38 heavy (non-hydrogen) atoms. The van der Waals surface area contributed by atoms with Crippen LogP contribution in [0.25, 0.3) is 0 Å². The molecule has 0 spiro atoms. The van der Waals surface area contributed by atoms with Gasteiger partial charge in [-0.2, -0.15) is 0 Å². The van der Waals surface area contributed by atoms with Gasteiger partial charge in [0.25, 0.3) is 0 Å². The number of ether oxygens (including phenoxy) is 2. The van der Waals surface area contributed by atoms with Crippen molar-refractivity contribution in [3.05, 3.63) is 87.9 Å². The number of carboxylic acids is 1. The number of aliphatic carboxylic acids is 1. The molecule has 0 bridgehead atoms. The Kier molecular flexibility index (Phi) is 10.2. The van der Waals surface area contributed by atoms with E-state index in [9.17, 15) is 15.0 Å². The highest BCUT2D eigenvalue weighted by molar-refractivity contribution is 6.32. The minimum absolute atomic E-state index is 0.0814. The molecule has 202 valence electrons. The van der Waals surface area contributed by atoms with Crippen molar-refractivity contribution in [1.82, 2.24) is 0 Å². The maximum absolute atomic E-state index is 11.9. The first-order chi connectivity index (χ1) is 18.3. The molecular weight excluding hydrogens is 502 g/mol. The standard InChI is InChI=1S/C31H36ClNO5/c1-4-11-23-26(17-15-24(29(23)34)28(33)21-12-8-7-9-13-21)37-18-10-19-38-27-16-14-22(20-25(27)32)31(5-2,6-3)30(35)36/h7-9,12-17,20,33-34H,4-6,10-11,18-19H2,1-3H3,(H,35,36). The number of phenols is 1. The van der Waals surface area contributed by atoms with Crippen LogP contribution in [-0.4, -0.2) is 35.1 Å². The molecule has 6 nitrogen and oxygen atoms in total. The highest BCUT2D eigenvalue weighted by Crippen LogP contribution is 2.37. The molecule has 0 saturated carbocycles. The zero-order valence-electron chi connectivity index (χ0n) is 22.2. The number of phenolic OH excluding ortho intramolecular Hbond substituents is 1. The lowest BCUT2D eigenvalue weighted by Crippen LogP contribution is -2.34. The van der Waals surface area contributed by atoms with Gasteiger partial charge in [0.2, 0.25) is 0 Å². The van der Waals surface area contributed by atoms with Gasteiger partial charge >= 0.3 is 5.97 Å². The van der Waals surface area contributed by atoms with Gasteiger partial charge in [-0.3, -0.25) is 10.2 Å². The average molecular weight is 538 g/mol. The summed E-state index contributed by atoms with van der Waals surface area (Å²) in [4.78, 5) is 11.9. The van der Waals surface area contributed by atoms with Gasteiger partial charge in [0, 0.05) is 23.1 Å². The normalized spacial score (nSPS) is 11.3.